The van der Waals surface area contributed by atoms with Crippen molar-refractivity contribution in [2.24, 2.45) is 0 Å². The second kappa shape index (κ2) is 11.3. The zero-order valence-corrected chi connectivity index (χ0v) is 23.0. The monoisotopic (exact) mass is 542 g/mol. The molecule has 1 aliphatic heterocycles. The summed E-state index contributed by atoms with van der Waals surface area (Å²) in [6.45, 7) is 7.03. The number of fused-ring (bicyclic) bond motifs is 1. The lowest BCUT2D eigenvalue weighted by molar-refractivity contribution is -0.132. The first-order chi connectivity index (χ1) is 18.9. The van der Waals surface area contributed by atoms with Crippen LogP contribution in [0.15, 0.2) is 72.3 Å². The number of carbonyl (C=O) groups excluding carboxylic acids is 2. The van der Waals surface area contributed by atoms with E-state index in [9.17, 15) is 14.7 Å². The Morgan fingerprint density at radius 2 is 1.77 bits per heavy atom. The van der Waals surface area contributed by atoms with Crippen LogP contribution in [0.5, 0.6) is 11.5 Å². The number of aliphatic hydroxyl groups is 1. The molecule has 0 aliphatic carbocycles. The van der Waals surface area contributed by atoms with Gasteiger partial charge in [0.15, 0.2) is 5.13 Å². The molecule has 4 aromatic rings. The molecule has 0 spiro atoms. The molecule has 0 bridgehead atoms. The van der Waals surface area contributed by atoms with Crippen molar-refractivity contribution in [3.63, 3.8) is 0 Å². The van der Waals surface area contributed by atoms with Gasteiger partial charge in [-0.15, -0.1) is 0 Å². The SMILES string of the molecule is CCCCOc1cccc(C2/C(=C(\O)c3ccc(C)cc3)C(=O)C(=O)N2c2nc3ccc(OCC)cc3s2)c1. The summed E-state index contributed by atoms with van der Waals surface area (Å²) in [5.41, 5.74) is 2.83. The normalized spacial score (nSPS) is 16.7. The number of Topliss-reactive ketones (excluding diaryl/α,β-unsaturated/α-hetero) is 1. The number of amides is 1. The number of unbranched alkanes of at least 4 members (excludes halogenated alkanes) is 1. The van der Waals surface area contributed by atoms with Crippen molar-refractivity contribution < 1.29 is 24.2 Å². The number of benzene rings is 3. The van der Waals surface area contributed by atoms with E-state index in [4.69, 9.17) is 14.5 Å². The lowest BCUT2D eigenvalue weighted by atomic mass is 9.95. The van der Waals surface area contributed by atoms with Gasteiger partial charge < -0.3 is 14.6 Å². The van der Waals surface area contributed by atoms with Crippen molar-refractivity contribution in [1.29, 1.82) is 0 Å². The highest BCUT2D eigenvalue weighted by molar-refractivity contribution is 7.22. The molecule has 0 saturated carbocycles. The number of aryl methyl sites for hydroxylation is 1. The van der Waals surface area contributed by atoms with E-state index >= 15 is 0 Å². The van der Waals surface area contributed by atoms with Gasteiger partial charge in [-0.05, 0) is 56.2 Å². The number of thiazole rings is 1. The summed E-state index contributed by atoms with van der Waals surface area (Å²) in [5.74, 6) is -0.389. The quantitative estimate of drug-likeness (QED) is 0.108. The summed E-state index contributed by atoms with van der Waals surface area (Å²) in [7, 11) is 0. The minimum atomic E-state index is -0.882. The van der Waals surface area contributed by atoms with Gasteiger partial charge in [0, 0.05) is 5.56 Å². The molecule has 3 aromatic carbocycles. The van der Waals surface area contributed by atoms with Gasteiger partial charge in [0.2, 0.25) is 0 Å². The van der Waals surface area contributed by atoms with E-state index in [2.05, 4.69) is 6.92 Å². The van der Waals surface area contributed by atoms with Crippen LogP contribution in [0, 0.1) is 6.92 Å². The first-order valence-corrected chi connectivity index (χ1v) is 13.9. The van der Waals surface area contributed by atoms with E-state index < -0.39 is 17.7 Å². The van der Waals surface area contributed by atoms with E-state index in [1.165, 1.54) is 16.2 Å². The molecule has 1 aliphatic rings. The van der Waals surface area contributed by atoms with E-state index in [0.717, 1.165) is 23.1 Å². The van der Waals surface area contributed by atoms with Crippen LogP contribution in [0.3, 0.4) is 0 Å². The Bertz CT molecular complexity index is 1560. The van der Waals surface area contributed by atoms with Crippen molar-refractivity contribution in [2.75, 3.05) is 18.1 Å². The number of nitrogens with zero attached hydrogens (tertiary/aromatic N) is 2. The van der Waals surface area contributed by atoms with Gasteiger partial charge in [0.25, 0.3) is 5.78 Å². The second-order valence-electron chi connectivity index (χ2n) is 9.37. The molecule has 1 N–H and O–H groups in total. The van der Waals surface area contributed by atoms with Crippen molar-refractivity contribution in [3.05, 3.63) is 89.0 Å². The number of aromatic nitrogens is 1. The summed E-state index contributed by atoms with van der Waals surface area (Å²) in [6.07, 6.45) is 1.91. The number of rotatable bonds is 9. The lowest BCUT2D eigenvalue weighted by Crippen LogP contribution is -2.29. The molecule has 1 atom stereocenters. The first-order valence-electron chi connectivity index (χ1n) is 13.1. The standard InChI is InChI=1S/C31H30N2O5S/c1-4-6-16-38-22-9-7-8-21(17-22)27-26(28(34)20-12-10-19(3)11-13-20)29(35)30(36)33(27)31-32-24-15-14-23(37-5-2)18-25(24)39-31/h7-15,17-18,27,34H,4-6,16H2,1-3H3/b28-26+. The zero-order chi connectivity index (χ0) is 27.5. The Morgan fingerprint density at radius 3 is 2.51 bits per heavy atom. The van der Waals surface area contributed by atoms with Gasteiger partial charge >= 0.3 is 5.91 Å². The van der Waals surface area contributed by atoms with Crippen LogP contribution < -0.4 is 14.4 Å². The maximum absolute atomic E-state index is 13.6. The average molecular weight is 543 g/mol. The Kier molecular flexibility index (Phi) is 7.65. The number of carbonyl (C=O) groups is 2. The second-order valence-corrected chi connectivity index (χ2v) is 10.4. The molecular formula is C31H30N2O5S. The molecule has 8 heteroatoms. The van der Waals surface area contributed by atoms with Gasteiger partial charge in [-0.2, -0.15) is 0 Å². The van der Waals surface area contributed by atoms with E-state index in [1.54, 1.807) is 12.1 Å². The summed E-state index contributed by atoms with van der Waals surface area (Å²) in [6, 6.07) is 19.2. The Labute approximate surface area is 231 Å². The third-order valence-electron chi connectivity index (χ3n) is 6.58. The highest BCUT2D eigenvalue weighted by Gasteiger charge is 2.48. The highest BCUT2D eigenvalue weighted by Crippen LogP contribution is 2.45. The van der Waals surface area contributed by atoms with Crippen molar-refractivity contribution in [3.8, 4) is 11.5 Å². The third-order valence-corrected chi connectivity index (χ3v) is 7.59. The average Bonchev–Trinajstić information content (AvgIpc) is 3.47. The molecule has 5 rings (SSSR count). The Morgan fingerprint density at radius 1 is 1.00 bits per heavy atom. The van der Waals surface area contributed by atoms with Crippen molar-refractivity contribution in [2.45, 2.75) is 39.7 Å². The maximum atomic E-state index is 13.6. The fraction of sp³-hybridized carbons (Fsp3) is 0.258. The number of hydrogen-bond acceptors (Lipinski definition) is 7. The van der Waals surface area contributed by atoms with Crippen LogP contribution in [0.4, 0.5) is 5.13 Å². The fourth-order valence-electron chi connectivity index (χ4n) is 4.57. The van der Waals surface area contributed by atoms with Crippen LogP contribution in [0.2, 0.25) is 0 Å². The molecule has 0 radical (unpaired) electrons. The van der Waals surface area contributed by atoms with E-state index in [-0.39, 0.29) is 11.3 Å². The Hall–Kier alpha value is -4.17. The number of anilines is 1. The number of hydrogen-bond donors (Lipinski definition) is 1. The summed E-state index contributed by atoms with van der Waals surface area (Å²) in [4.78, 5) is 33.2. The summed E-state index contributed by atoms with van der Waals surface area (Å²) in [5, 5.41) is 11.8. The predicted octanol–water partition coefficient (Wildman–Crippen LogP) is 6.81. The topological polar surface area (TPSA) is 89.0 Å². The Balaban J connectivity index is 1.65. The van der Waals surface area contributed by atoms with E-state index in [0.29, 0.717) is 46.5 Å². The first kappa shape index (κ1) is 26.4. The molecule has 1 unspecified atom stereocenters. The van der Waals surface area contributed by atoms with Crippen LogP contribution in [0.1, 0.15) is 49.4 Å². The molecular weight excluding hydrogens is 512 g/mol. The van der Waals surface area contributed by atoms with Crippen LogP contribution in [-0.2, 0) is 9.59 Å². The molecule has 2 heterocycles. The van der Waals surface area contributed by atoms with Gasteiger partial charge in [-0.3, -0.25) is 14.5 Å². The number of ether oxygens (including phenoxy) is 2. The van der Waals surface area contributed by atoms with E-state index in [1.807, 2.05) is 68.4 Å². The number of ketones is 1. The molecule has 1 fully saturated rings. The molecule has 7 nitrogen and oxygen atoms in total. The minimum Gasteiger partial charge on any atom is -0.507 e. The fourth-order valence-corrected chi connectivity index (χ4v) is 5.59. The third kappa shape index (κ3) is 5.25. The van der Waals surface area contributed by atoms with Crippen LogP contribution >= 0.6 is 11.3 Å². The zero-order valence-electron chi connectivity index (χ0n) is 22.1. The molecule has 200 valence electrons. The van der Waals surface area contributed by atoms with Gasteiger partial charge in [0.05, 0.1) is 35.0 Å². The summed E-state index contributed by atoms with van der Waals surface area (Å²) >= 11 is 1.30. The van der Waals surface area contributed by atoms with Crippen LogP contribution in [-0.4, -0.2) is 35.0 Å². The minimum absolute atomic E-state index is 0.0174. The largest absolute Gasteiger partial charge is 0.507 e. The molecule has 1 saturated heterocycles. The highest BCUT2D eigenvalue weighted by atomic mass is 32.1. The molecule has 39 heavy (non-hydrogen) atoms. The van der Waals surface area contributed by atoms with Crippen LogP contribution in [0.25, 0.3) is 16.0 Å². The summed E-state index contributed by atoms with van der Waals surface area (Å²) < 4.78 is 12.4. The van der Waals surface area contributed by atoms with Gasteiger partial charge in [-0.1, -0.05) is 66.6 Å². The lowest BCUT2D eigenvalue weighted by Gasteiger charge is -2.23. The number of aliphatic hydroxyl groups excluding tert-OH is 1. The molecule has 1 amide bonds. The van der Waals surface area contributed by atoms with Crippen molar-refractivity contribution in [1.82, 2.24) is 4.98 Å². The van der Waals surface area contributed by atoms with Gasteiger partial charge in [0.1, 0.15) is 17.3 Å². The maximum Gasteiger partial charge on any atom is 0.301 e. The van der Waals surface area contributed by atoms with Crippen molar-refractivity contribution >= 4 is 44.1 Å². The molecule has 1 aromatic heterocycles. The predicted molar refractivity (Wildman–Crippen MR) is 154 cm³/mol. The smallest absolute Gasteiger partial charge is 0.301 e. The van der Waals surface area contributed by atoms with Gasteiger partial charge in [-0.25, -0.2) is 4.98 Å².